The number of hydrogen-bond donors (Lipinski definition) is 0. The number of benzene rings is 2. The molecular formula is C19H20. The molecule has 96 valence electrons. The first-order valence-corrected chi connectivity index (χ1v) is 7.19. The third-order valence-electron chi connectivity index (χ3n) is 3.98. The second-order valence-corrected chi connectivity index (χ2v) is 5.39. The molecule has 1 aliphatic rings. The molecule has 0 heterocycles. The molecule has 1 saturated carbocycles. The summed E-state index contributed by atoms with van der Waals surface area (Å²) in [6.07, 6.45) is 6.24. The van der Waals surface area contributed by atoms with E-state index in [1.165, 1.54) is 30.4 Å². The Morgan fingerprint density at radius 2 is 1.16 bits per heavy atom. The van der Waals surface area contributed by atoms with Crippen molar-refractivity contribution in [1.29, 1.82) is 0 Å². The average molecular weight is 248 g/mol. The van der Waals surface area contributed by atoms with Gasteiger partial charge in [-0.15, -0.1) is 0 Å². The summed E-state index contributed by atoms with van der Waals surface area (Å²) in [5.74, 6) is 0. The maximum Gasteiger partial charge on any atom is -0.00611 e. The molecule has 1 aliphatic carbocycles. The highest BCUT2D eigenvalue weighted by Crippen LogP contribution is 2.31. The fourth-order valence-corrected chi connectivity index (χ4v) is 2.70. The minimum Gasteiger partial charge on any atom is -0.0703 e. The molecule has 0 heteroatoms. The van der Waals surface area contributed by atoms with Gasteiger partial charge in [0, 0.05) is 0 Å². The van der Waals surface area contributed by atoms with E-state index in [0.717, 1.165) is 12.8 Å². The van der Waals surface area contributed by atoms with E-state index < -0.39 is 0 Å². The van der Waals surface area contributed by atoms with E-state index in [9.17, 15) is 0 Å². The predicted molar refractivity (Wildman–Crippen MR) is 81.2 cm³/mol. The Kier molecular flexibility index (Phi) is 3.78. The van der Waals surface area contributed by atoms with Crippen LogP contribution < -0.4 is 0 Å². The molecule has 0 radical (unpaired) electrons. The summed E-state index contributed by atoms with van der Waals surface area (Å²) >= 11 is 0. The molecule has 0 atom stereocenters. The molecule has 0 unspecified atom stereocenters. The van der Waals surface area contributed by atoms with E-state index in [1.54, 1.807) is 11.1 Å². The molecule has 0 spiro atoms. The zero-order chi connectivity index (χ0) is 12.9. The highest BCUT2D eigenvalue weighted by atomic mass is 14.2. The maximum absolute atomic E-state index is 2.24. The zero-order valence-corrected chi connectivity index (χ0v) is 11.3. The van der Waals surface area contributed by atoms with Crippen molar-refractivity contribution in [2.24, 2.45) is 0 Å². The van der Waals surface area contributed by atoms with E-state index >= 15 is 0 Å². The third-order valence-corrected chi connectivity index (χ3v) is 3.98. The van der Waals surface area contributed by atoms with Gasteiger partial charge in [-0.1, -0.05) is 71.8 Å². The van der Waals surface area contributed by atoms with Crippen molar-refractivity contribution in [2.45, 2.75) is 32.1 Å². The van der Waals surface area contributed by atoms with Gasteiger partial charge in [0.05, 0.1) is 0 Å². The van der Waals surface area contributed by atoms with Crippen LogP contribution in [0.4, 0.5) is 0 Å². The molecule has 0 aliphatic heterocycles. The summed E-state index contributed by atoms with van der Waals surface area (Å²) in [7, 11) is 0. The van der Waals surface area contributed by atoms with Crippen LogP contribution in [-0.2, 0) is 12.8 Å². The van der Waals surface area contributed by atoms with E-state index in [0.29, 0.717) is 0 Å². The van der Waals surface area contributed by atoms with Crippen molar-refractivity contribution >= 4 is 0 Å². The third kappa shape index (κ3) is 3.14. The maximum atomic E-state index is 2.24. The normalized spacial score (nSPS) is 14.0. The topological polar surface area (TPSA) is 0 Å². The van der Waals surface area contributed by atoms with E-state index in [-0.39, 0.29) is 0 Å². The lowest BCUT2D eigenvalue weighted by molar-refractivity contribution is 0.641. The molecule has 1 fully saturated rings. The van der Waals surface area contributed by atoms with Gasteiger partial charge in [-0.3, -0.25) is 0 Å². The Morgan fingerprint density at radius 1 is 0.684 bits per heavy atom. The predicted octanol–water partition coefficient (Wildman–Crippen LogP) is 4.95. The zero-order valence-electron chi connectivity index (χ0n) is 11.3. The average Bonchev–Trinajstić information content (AvgIpc) is 2.39. The summed E-state index contributed by atoms with van der Waals surface area (Å²) in [6, 6.07) is 21.7. The van der Waals surface area contributed by atoms with Gasteiger partial charge >= 0.3 is 0 Å². The standard InChI is InChI=1S/C19H20/c1-3-8-16(9-4-1)14-19(18-12-7-13-18)15-17-10-5-2-6-11-17/h1-6,8-11H,7,12-15H2. The number of allylic oxidation sites excluding steroid dienone is 2. The number of hydrogen-bond acceptors (Lipinski definition) is 0. The highest BCUT2D eigenvalue weighted by Gasteiger charge is 2.15. The Labute approximate surface area is 115 Å². The Balaban J connectivity index is 1.80. The Hall–Kier alpha value is -1.82. The molecular weight excluding hydrogens is 228 g/mol. The smallest absolute Gasteiger partial charge is 0.00611 e. The first-order chi connectivity index (χ1) is 9.42. The van der Waals surface area contributed by atoms with Crippen LogP contribution in [0.1, 0.15) is 30.4 Å². The lowest BCUT2D eigenvalue weighted by Gasteiger charge is -2.23. The lowest BCUT2D eigenvalue weighted by Crippen LogP contribution is -2.07. The van der Waals surface area contributed by atoms with Crippen LogP contribution >= 0.6 is 0 Å². The number of rotatable bonds is 4. The molecule has 2 aromatic carbocycles. The Bertz CT molecular complexity index is 500. The largest absolute Gasteiger partial charge is 0.0703 e. The van der Waals surface area contributed by atoms with Crippen molar-refractivity contribution in [3.05, 3.63) is 82.9 Å². The first kappa shape index (κ1) is 12.2. The van der Waals surface area contributed by atoms with Crippen molar-refractivity contribution < 1.29 is 0 Å². The van der Waals surface area contributed by atoms with Gasteiger partial charge < -0.3 is 0 Å². The van der Waals surface area contributed by atoms with Crippen LogP contribution in [0, 0.1) is 0 Å². The summed E-state index contributed by atoms with van der Waals surface area (Å²) in [5, 5.41) is 0. The summed E-state index contributed by atoms with van der Waals surface area (Å²) < 4.78 is 0. The fraction of sp³-hybridized carbons (Fsp3) is 0.263. The van der Waals surface area contributed by atoms with Gasteiger partial charge in [0.15, 0.2) is 0 Å². The van der Waals surface area contributed by atoms with E-state index in [4.69, 9.17) is 0 Å². The highest BCUT2D eigenvalue weighted by molar-refractivity contribution is 5.32. The van der Waals surface area contributed by atoms with Crippen LogP contribution in [0.15, 0.2) is 71.8 Å². The quantitative estimate of drug-likeness (QED) is 0.671. The van der Waals surface area contributed by atoms with Crippen LogP contribution in [0.3, 0.4) is 0 Å². The fourth-order valence-electron chi connectivity index (χ4n) is 2.70. The molecule has 0 bridgehead atoms. The van der Waals surface area contributed by atoms with E-state index in [1.807, 2.05) is 0 Å². The van der Waals surface area contributed by atoms with E-state index in [2.05, 4.69) is 60.7 Å². The molecule has 0 amide bonds. The molecule has 0 nitrogen and oxygen atoms in total. The van der Waals surface area contributed by atoms with Crippen LogP contribution in [0.2, 0.25) is 0 Å². The van der Waals surface area contributed by atoms with Gasteiger partial charge in [0.1, 0.15) is 0 Å². The first-order valence-electron chi connectivity index (χ1n) is 7.19. The van der Waals surface area contributed by atoms with Gasteiger partial charge in [0.25, 0.3) is 0 Å². The van der Waals surface area contributed by atoms with Gasteiger partial charge in [0.2, 0.25) is 0 Å². The molecule has 2 aromatic rings. The van der Waals surface area contributed by atoms with Crippen molar-refractivity contribution in [1.82, 2.24) is 0 Å². The summed E-state index contributed by atoms with van der Waals surface area (Å²) in [6.45, 7) is 0. The second-order valence-electron chi connectivity index (χ2n) is 5.39. The van der Waals surface area contributed by atoms with Crippen molar-refractivity contribution in [2.75, 3.05) is 0 Å². The van der Waals surface area contributed by atoms with Crippen molar-refractivity contribution in [3.8, 4) is 0 Å². The SMILES string of the molecule is c1ccc(CC(Cc2ccccc2)=C2CCC2)cc1. The molecule has 0 aromatic heterocycles. The van der Waals surface area contributed by atoms with Gasteiger partial charge in [-0.2, -0.15) is 0 Å². The molecule has 19 heavy (non-hydrogen) atoms. The summed E-state index contributed by atoms with van der Waals surface area (Å²) in [5.41, 5.74) is 6.22. The lowest BCUT2D eigenvalue weighted by atomic mass is 9.83. The van der Waals surface area contributed by atoms with Gasteiger partial charge in [-0.25, -0.2) is 0 Å². The van der Waals surface area contributed by atoms with Crippen LogP contribution in [0.5, 0.6) is 0 Å². The molecule has 3 rings (SSSR count). The molecule has 0 N–H and O–H groups in total. The molecule has 0 saturated heterocycles. The van der Waals surface area contributed by atoms with Gasteiger partial charge in [-0.05, 0) is 43.2 Å². The minimum atomic E-state index is 1.12. The minimum absolute atomic E-state index is 1.12. The Morgan fingerprint density at radius 3 is 1.53 bits per heavy atom. The monoisotopic (exact) mass is 248 g/mol. The summed E-state index contributed by atoms with van der Waals surface area (Å²) in [4.78, 5) is 0. The second kappa shape index (κ2) is 5.88. The van der Waals surface area contributed by atoms with Crippen LogP contribution in [0.25, 0.3) is 0 Å². The van der Waals surface area contributed by atoms with Crippen molar-refractivity contribution in [3.63, 3.8) is 0 Å². The van der Waals surface area contributed by atoms with Crippen LogP contribution in [-0.4, -0.2) is 0 Å².